The molecular weight excluding hydrogens is 358 g/mol. The van der Waals surface area contributed by atoms with E-state index in [0.717, 1.165) is 10.5 Å². The minimum absolute atomic E-state index is 0.128. The van der Waals surface area contributed by atoms with Crippen molar-refractivity contribution in [2.24, 2.45) is 0 Å². The van der Waals surface area contributed by atoms with Crippen LogP contribution >= 0.6 is 11.8 Å². The molecule has 0 atom stereocenters. The molecule has 6 nitrogen and oxygen atoms in total. The molecule has 140 valence electrons. The first kappa shape index (κ1) is 19.0. The number of thioether (sulfide) groups is 1. The monoisotopic (exact) mass is 381 g/mol. The van der Waals surface area contributed by atoms with Crippen molar-refractivity contribution in [3.63, 3.8) is 0 Å². The molecule has 2 aromatic carbocycles. The van der Waals surface area contributed by atoms with Gasteiger partial charge in [-0.2, -0.15) is 0 Å². The lowest BCUT2D eigenvalue weighted by atomic mass is 10.0. The van der Waals surface area contributed by atoms with E-state index in [9.17, 15) is 4.79 Å². The van der Waals surface area contributed by atoms with E-state index >= 15 is 0 Å². The molecule has 1 aromatic heterocycles. The van der Waals surface area contributed by atoms with Gasteiger partial charge < -0.3 is 11.1 Å². The van der Waals surface area contributed by atoms with E-state index in [-0.39, 0.29) is 17.4 Å². The maximum absolute atomic E-state index is 12.5. The molecule has 3 rings (SSSR count). The number of rotatable bonds is 6. The summed E-state index contributed by atoms with van der Waals surface area (Å²) in [6.07, 6.45) is 1.98. The first-order valence-electron chi connectivity index (χ1n) is 8.71. The van der Waals surface area contributed by atoms with Gasteiger partial charge in [0.2, 0.25) is 0 Å². The Kier molecular flexibility index (Phi) is 5.81. The molecule has 0 radical (unpaired) electrons. The fraction of sp³-hybridized carbons (Fsp3) is 0.250. The Bertz CT molecular complexity index is 934. The number of hydrogen-bond acceptors (Lipinski definition) is 5. The topological polar surface area (TPSA) is 85.8 Å². The lowest BCUT2D eigenvalue weighted by Gasteiger charge is -2.08. The highest BCUT2D eigenvalue weighted by Gasteiger charge is 2.18. The van der Waals surface area contributed by atoms with Crippen molar-refractivity contribution >= 4 is 29.2 Å². The fourth-order valence-electron chi connectivity index (χ4n) is 2.67. The molecule has 0 unspecified atom stereocenters. The normalized spacial score (nSPS) is 11.0. The van der Waals surface area contributed by atoms with Crippen LogP contribution in [0, 0.1) is 0 Å². The second kappa shape index (κ2) is 8.26. The smallest absolute Gasteiger partial charge is 0.280 e. The zero-order valence-corrected chi connectivity index (χ0v) is 16.5. The van der Waals surface area contributed by atoms with Gasteiger partial charge in [-0.05, 0) is 41.5 Å². The van der Waals surface area contributed by atoms with Gasteiger partial charge in [-0.15, -0.1) is 16.9 Å². The number of anilines is 2. The average molecular weight is 382 g/mol. The van der Waals surface area contributed by atoms with E-state index in [4.69, 9.17) is 5.73 Å². The van der Waals surface area contributed by atoms with Gasteiger partial charge in [0.25, 0.3) is 5.91 Å². The molecule has 27 heavy (non-hydrogen) atoms. The van der Waals surface area contributed by atoms with Gasteiger partial charge in [0, 0.05) is 10.6 Å². The van der Waals surface area contributed by atoms with Gasteiger partial charge in [-0.25, -0.2) is 4.68 Å². The summed E-state index contributed by atoms with van der Waals surface area (Å²) in [5.74, 6) is 0.365. The quantitative estimate of drug-likeness (QED) is 0.630. The summed E-state index contributed by atoms with van der Waals surface area (Å²) in [6.45, 7) is 4.78. The third-order valence-corrected chi connectivity index (χ3v) is 5.02. The van der Waals surface area contributed by atoms with E-state index in [2.05, 4.69) is 41.6 Å². The SMILES string of the molecule is CSc1cccc(NC(=O)c2nnn(Cc3ccc(C(C)C)cc3)c2N)c1. The van der Waals surface area contributed by atoms with Gasteiger partial charge in [0.05, 0.1) is 6.54 Å². The zero-order valence-electron chi connectivity index (χ0n) is 15.6. The Morgan fingerprint density at radius 2 is 1.96 bits per heavy atom. The van der Waals surface area contributed by atoms with Crippen molar-refractivity contribution in [1.82, 2.24) is 15.0 Å². The Morgan fingerprint density at radius 3 is 2.63 bits per heavy atom. The van der Waals surface area contributed by atoms with Crippen molar-refractivity contribution in [1.29, 1.82) is 0 Å². The van der Waals surface area contributed by atoms with Crippen molar-refractivity contribution < 1.29 is 4.79 Å². The van der Waals surface area contributed by atoms with Gasteiger partial charge >= 0.3 is 0 Å². The van der Waals surface area contributed by atoms with E-state index in [1.807, 2.05) is 42.7 Å². The summed E-state index contributed by atoms with van der Waals surface area (Å²) in [6, 6.07) is 15.9. The van der Waals surface area contributed by atoms with Crippen LogP contribution in [-0.4, -0.2) is 27.2 Å². The van der Waals surface area contributed by atoms with Crippen molar-refractivity contribution in [2.75, 3.05) is 17.3 Å². The lowest BCUT2D eigenvalue weighted by molar-refractivity contribution is 0.102. The number of benzene rings is 2. The number of carbonyl (C=O) groups excluding carboxylic acids is 1. The van der Waals surface area contributed by atoms with E-state index in [0.29, 0.717) is 18.2 Å². The zero-order chi connectivity index (χ0) is 19.4. The molecule has 3 aromatic rings. The van der Waals surface area contributed by atoms with Gasteiger partial charge in [0.15, 0.2) is 11.5 Å². The summed E-state index contributed by atoms with van der Waals surface area (Å²) in [7, 11) is 0. The van der Waals surface area contributed by atoms with E-state index in [1.165, 1.54) is 10.2 Å². The number of carbonyl (C=O) groups is 1. The van der Waals surface area contributed by atoms with Gasteiger partial charge in [-0.3, -0.25) is 4.79 Å². The van der Waals surface area contributed by atoms with E-state index < -0.39 is 0 Å². The molecule has 0 spiro atoms. The first-order chi connectivity index (χ1) is 13.0. The summed E-state index contributed by atoms with van der Waals surface area (Å²) in [5.41, 5.74) is 9.27. The standard InChI is InChI=1S/C20H23N5OS/c1-13(2)15-9-7-14(8-10-15)12-25-19(21)18(23-24-25)20(26)22-16-5-4-6-17(11-16)27-3/h4-11,13H,12,21H2,1-3H3,(H,22,26). The van der Waals surface area contributed by atoms with Gasteiger partial charge in [0.1, 0.15) is 0 Å². The lowest BCUT2D eigenvalue weighted by Crippen LogP contribution is -2.15. The molecule has 3 N–H and O–H groups in total. The van der Waals surface area contributed by atoms with Crippen molar-refractivity contribution in [3.8, 4) is 0 Å². The van der Waals surface area contributed by atoms with Gasteiger partial charge in [-0.1, -0.05) is 49.4 Å². The predicted molar refractivity (Wildman–Crippen MR) is 110 cm³/mol. The Balaban J connectivity index is 1.73. The molecule has 0 saturated heterocycles. The van der Waals surface area contributed by atoms with E-state index in [1.54, 1.807) is 11.8 Å². The number of nitrogens with zero attached hydrogens (tertiary/aromatic N) is 3. The first-order valence-corrected chi connectivity index (χ1v) is 9.93. The highest BCUT2D eigenvalue weighted by Crippen LogP contribution is 2.20. The number of amides is 1. The molecule has 0 saturated carbocycles. The van der Waals surface area contributed by atoms with Crippen LogP contribution in [0.5, 0.6) is 0 Å². The summed E-state index contributed by atoms with van der Waals surface area (Å²) >= 11 is 1.61. The number of nitrogen functional groups attached to an aromatic ring is 1. The van der Waals surface area contributed by atoms with Crippen molar-refractivity contribution in [2.45, 2.75) is 31.2 Å². The van der Waals surface area contributed by atoms with Crippen LogP contribution in [-0.2, 0) is 6.54 Å². The van der Waals surface area contributed by atoms with Crippen LogP contribution in [0.15, 0.2) is 53.4 Å². The number of hydrogen-bond donors (Lipinski definition) is 2. The molecule has 0 bridgehead atoms. The van der Waals surface area contributed by atoms with Crippen LogP contribution in [0.3, 0.4) is 0 Å². The Morgan fingerprint density at radius 1 is 1.22 bits per heavy atom. The predicted octanol–water partition coefficient (Wildman–Crippen LogP) is 4.01. The minimum atomic E-state index is -0.368. The molecular formula is C20H23N5OS. The summed E-state index contributed by atoms with van der Waals surface area (Å²) < 4.78 is 1.54. The summed E-state index contributed by atoms with van der Waals surface area (Å²) in [5, 5.41) is 10.8. The maximum Gasteiger partial charge on any atom is 0.280 e. The summed E-state index contributed by atoms with van der Waals surface area (Å²) in [4.78, 5) is 13.6. The average Bonchev–Trinajstić information content (AvgIpc) is 3.03. The van der Waals surface area contributed by atoms with Crippen LogP contribution in [0.2, 0.25) is 0 Å². The van der Waals surface area contributed by atoms with Crippen molar-refractivity contribution in [3.05, 3.63) is 65.4 Å². The minimum Gasteiger partial charge on any atom is -0.382 e. The maximum atomic E-state index is 12.5. The molecule has 0 aliphatic heterocycles. The highest BCUT2D eigenvalue weighted by atomic mass is 32.2. The van der Waals surface area contributed by atoms with Crippen LogP contribution in [0.25, 0.3) is 0 Å². The Labute approximate surface area is 163 Å². The number of aromatic nitrogens is 3. The van der Waals surface area contributed by atoms with Crippen LogP contribution in [0.4, 0.5) is 11.5 Å². The third kappa shape index (κ3) is 4.49. The Hall–Kier alpha value is -2.80. The molecule has 1 heterocycles. The highest BCUT2D eigenvalue weighted by molar-refractivity contribution is 7.98. The third-order valence-electron chi connectivity index (χ3n) is 4.29. The molecule has 7 heteroatoms. The molecule has 0 fully saturated rings. The molecule has 0 aliphatic carbocycles. The number of nitrogens with two attached hydrogens (primary N) is 1. The second-order valence-corrected chi connectivity index (χ2v) is 7.44. The second-order valence-electron chi connectivity index (χ2n) is 6.56. The molecule has 0 aliphatic rings. The molecule has 1 amide bonds. The number of nitrogens with one attached hydrogen (secondary N) is 1. The van der Waals surface area contributed by atoms with Crippen LogP contribution in [0.1, 0.15) is 41.4 Å². The fourth-order valence-corrected chi connectivity index (χ4v) is 3.13. The largest absolute Gasteiger partial charge is 0.382 e. The van der Waals surface area contributed by atoms with Crippen LogP contribution < -0.4 is 11.1 Å².